The summed E-state index contributed by atoms with van der Waals surface area (Å²) in [5, 5.41) is 27.7. The van der Waals surface area contributed by atoms with E-state index in [1.54, 1.807) is 23.0 Å². The normalized spacial score (nSPS) is 15.8. The van der Waals surface area contributed by atoms with E-state index in [-0.39, 0.29) is 11.8 Å². The lowest BCUT2D eigenvalue weighted by Gasteiger charge is -2.23. The molecule has 9 nitrogen and oxygen atoms in total. The molecular formula is C25H27FN6O3. The predicted octanol–water partition coefficient (Wildman–Crippen LogP) is 3.65. The highest BCUT2D eigenvalue weighted by Gasteiger charge is 2.27. The van der Waals surface area contributed by atoms with E-state index in [0.717, 1.165) is 33.3 Å². The largest absolute Gasteiger partial charge is 0.505 e. The number of imidazole rings is 1. The SMILES string of the molecule is CCc1cc(O)c(F)cc1-c1ccc2c(-c3ncc(CN(C)C(=O)N4CCC(O)C4)[nH]3)n[nH]c2c1. The zero-order chi connectivity index (χ0) is 24.7. The van der Waals surface area contributed by atoms with Crippen LogP contribution in [0.5, 0.6) is 5.75 Å². The molecule has 0 bridgehead atoms. The van der Waals surface area contributed by atoms with Crippen molar-refractivity contribution in [2.75, 3.05) is 20.1 Å². The van der Waals surface area contributed by atoms with Gasteiger partial charge in [0.15, 0.2) is 17.4 Å². The molecule has 1 aliphatic heterocycles. The first kappa shape index (κ1) is 22.9. The van der Waals surface area contributed by atoms with Crippen LogP contribution in [-0.4, -0.2) is 72.5 Å². The maximum absolute atomic E-state index is 14.0. The van der Waals surface area contributed by atoms with E-state index in [4.69, 9.17) is 0 Å². The zero-order valence-electron chi connectivity index (χ0n) is 19.5. The number of aryl methyl sites for hydroxylation is 1. The number of aromatic amines is 2. The first-order valence-corrected chi connectivity index (χ1v) is 11.6. The lowest BCUT2D eigenvalue weighted by Crippen LogP contribution is -2.39. The molecule has 2 aromatic carbocycles. The lowest BCUT2D eigenvalue weighted by molar-refractivity contribution is 0.151. The number of benzene rings is 2. The molecule has 10 heteroatoms. The fourth-order valence-electron chi connectivity index (χ4n) is 4.57. The van der Waals surface area contributed by atoms with Gasteiger partial charge in [0.05, 0.1) is 30.1 Å². The van der Waals surface area contributed by atoms with Crippen molar-refractivity contribution in [3.63, 3.8) is 0 Å². The second-order valence-corrected chi connectivity index (χ2v) is 8.93. The fraction of sp³-hybridized carbons (Fsp3) is 0.320. The molecule has 182 valence electrons. The third-order valence-corrected chi connectivity index (χ3v) is 6.45. The van der Waals surface area contributed by atoms with Gasteiger partial charge in [-0.05, 0) is 53.8 Å². The number of phenols is 1. The summed E-state index contributed by atoms with van der Waals surface area (Å²) in [6.07, 6.45) is 2.48. The molecule has 1 fully saturated rings. The van der Waals surface area contributed by atoms with Gasteiger partial charge in [0.2, 0.25) is 0 Å². The standard InChI is InChI=1S/C25H27FN6O3/c1-3-14-9-22(34)20(26)10-19(14)15-4-5-18-21(8-15)29-30-23(18)24-27-11-16(28-24)12-31(2)25(35)32-7-6-17(33)13-32/h4-5,8-11,17,33-34H,3,6-7,12-13H2,1-2H3,(H,27,28)(H,29,30). The first-order valence-electron chi connectivity index (χ1n) is 11.6. The van der Waals surface area contributed by atoms with Crippen molar-refractivity contribution < 1.29 is 19.4 Å². The van der Waals surface area contributed by atoms with E-state index in [0.29, 0.717) is 44.0 Å². The molecule has 1 unspecified atom stereocenters. The average Bonchev–Trinajstić information content (AvgIpc) is 3.59. The molecule has 1 aliphatic rings. The number of aliphatic hydroxyl groups is 1. The smallest absolute Gasteiger partial charge is 0.320 e. The van der Waals surface area contributed by atoms with E-state index in [9.17, 15) is 19.4 Å². The summed E-state index contributed by atoms with van der Waals surface area (Å²) in [6.45, 7) is 3.21. The quantitative estimate of drug-likeness (QED) is 0.349. The number of amides is 2. The van der Waals surface area contributed by atoms with Crippen LogP contribution in [0.1, 0.15) is 24.6 Å². The van der Waals surface area contributed by atoms with Crippen LogP contribution in [-0.2, 0) is 13.0 Å². The molecule has 5 rings (SSSR count). The number of H-pyrrole nitrogens is 2. The van der Waals surface area contributed by atoms with E-state index in [1.807, 2.05) is 25.1 Å². The monoisotopic (exact) mass is 478 g/mol. The number of carbonyl (C=O) groups excluding carboxylic acids is 1. The molecule has 0 radical (unpaired) electrons. The second-order valence-electron chi connectivity index (χ2n) is 8.93. The number of fused-ring (bicyclic) bond motifs is 1. The number of halogens is 1. The summed E-state index contributed by atoms with van der Waals surface area (Å²) in [5.74, 6) is -0.439. The molecule has 0 spiro atoms. The summed E-state index contributed by atoms with van der Waals surface area (Å²) in [7, 11) is 1.72. The maximum atomic E-state index is 14.0. The average molecular weight is 479 g/mol. The highest BCUT2D eigenvalue weighted by molar-refractivity contribution is 5.94. The van der Waals surface area contributed by atoms with Gasteiger partial charge in [-0.25, -0.2) is 14.2 Å². The van der Waals surface area contributed by atoms with Crippen LogP contribution < -0.4 is 0 Å². The number of phenolic OH excluding ortho intramolecular Hbond substituents is 1. The number of hydrogen-bond acceptors (Lipinski definition) is 5. The van der Waals surface area contributed by atoms with Crippen molar-refractivity contribution in [3.05, 3.63) is 53.6 Å². The van der Waals surface area contributed by atoms with E-state index < -0.39 is 11.9 Å². The van der Waals surface area contributed by atoms with Crippen molar-refractivity contribution in [2.24, 2.45) is 0 Å². The number of aromatic nitrogens is 4. The van der Waals surface area contributed by atoms with Gasteiger partial charge in [-0.1, -0.05) is 13.0 Å². The number of nitrogens with one attached hydrogen (secondary N) is 2. The minimum absolute atomic E-state index is 0.132. The summed E-state index contributed by atoms with van der Waals surface area (Å²) >= 11 is 0. The lowest BCUT2D eigenvalue weighted by atomic mass is 9.96. The Hall–Kier alpha value is -3.92. The van der Waals surface area contributed by atoms with Gasteiger partial charge in [-0.3, -0.25) is 5.10 Å². The number of aliphatic hydroxyl groups excluding tert-OH is 1. The molecule has 1 atom stereocenters. The molecule has 4 N–H and O–H groups in total. The Bertz CT molecular complexity index is 1400. The van der Waals surface area contributed by atoms with E-state index in [2.05, 4.69) is 20.2 Å². The summed E-state index contributed by atoms with van der Waals surface area (Å²) < 4.78 is 14.0. The summed E-state index contributed by atoms with van der Waals surface area (Å²) in [5.41, 5.74) is 4.55. The van der Waals surface area contributed by atoms with Crippen LogP contribution in [0.2, 0.25) is 0 Å². The number of carbonyl (C=O) groups is 1. The van der Waals surface area contributed by atoms with Gasteiger partial charge >= 0.3 is 6.03 Å². The Morgan fingerprint density at radius 1 is 1.31 bits per heavy atom. The fourth-order valence-corrected chi connectivity index (χ4v) is 4.57. The van der Waals surface area contributed by atoms with Crippen LogP contribution in [0.25, 0.3) is 33.5 Å². The molecule has 3 heterocycles. The number of urea groups is 1. The van der Waals surface area contributed by atoms with E-state index >= 15 is 0 Å². The van der Waals surface area contributed by atoms with Crippen molar-refractivity contribution in [2.45, 2.75) is 32.4 Å². The Morgan fingerprint density at radius 2 is 2.14 bits per heavy atom. The van der Waals surface area contributed by atoms with Crippen molar-refractivity contribution in [3.8, 4) is 28.4 Å². The van der Waals surface area contributed by atoms with Crippen LogP contribution in [0.4, 0.5) is 9.18 Å². The Morgan fingerprint density at radius 3 is 2.89 bits per heavy atom. The zero-order valence-corrected chi connectivity index (χ0v) is 19.5. The Kier molecular flexibility index (Phi) is 5.89. The maximum Gasteiger partial charge on any atom is 0.320 e. The predicted molar refractivity (Wildman–Crippen MR) is 129 cm³/mol. The first-order chi connectivity index (χ1) is 16.8. The number of likely N-dealkylation sites (tertiary alicyclic amines) is 1. The third-order valence-electron chi connectivity index (χ3n) is 6.45. The molecule has 35 heavy (non-hydrogen) atoms. The number of nitrogens with zero attached hydrogens (tertiary/aromatic N) is 4. The molecule has 1 saturated heterocycles. The molecule has 0 saturated carbocycles. The number of aromatic hydroxyl groups is 1. The Balaban J connectivity index is 1.37. The highest BCUT2D eigenvalue weighted by atomic mass is 19.1. The molecule has 4 aromatic rings. The van der Waals surface area contributed by atoms with Crippen LogP contribution >= 0.6 is 0 Å². The minimum atomic E-state index is -0.657. The van der Waals surface area contributed by atoms with Crippen LogP contribution in [0.3, 0.4) is 0 Å². The van der Waals surface area contributed by atoms with Crippen LogP contribution in [0, 0.1) is 5.82 Å². The van der Waals surface area contributed by atoms with Gasteiger partial charge in [-0.15, -0.1) is 0 Å². The van der Waals surface area contributed by atoms with Crippen molar-refractivity contribution in [1.82, 2.24) is 30.0 Å². The highest BCUT2D eigenvalue weighted by Crippen LogP contribution is 2.33. The third kappa shape index (κ3) is 4.32. The Labute approximate surface area is 201 Å². The van der Waals surface area contributed by atoms with Gasteiger partial charge < -0.3 is 25.0 Å². The van der Waals surface area contributed by atoms with E-state index in [1.165, 1.54) is 12.1 Å². The molecule has 2 amide bonds. The summed E-state index contributed by atoms with van der Waals surface area (Å²) in [4.78, 5) is 23.5. The van der Waals surface area contributed by atoms with Crippen molar-refractivity contribution in [1.29, 1.82) is 0 Å². The number of rotatable bonds is 5. The van der Waals surface area contributed by atoms with Gasteiger partial charge in [0.1, 0.15) is 5.69 Å². The topological polar surface area (TPSA) is 121 Å². The van der Waals surface area contributed by atoms with Gasteiger partial charge in [0.25, 0.3) is 0 Å². The number of β-amino-alcohol motifs (C(OH)–C–C–N with tert-alkyl or cyclic N) is 1. The molecule has 2 aromatic heterocycles. The van der Waals surface area contributed by atoms with Crippen LogP contribution in [0.15, 0.2) is 36.5 Å². The number of hydrogen-bond donors (Lipinski definition) is 4. The second kappa shape index (κ2) is 9.03. The molecular weight excluding hydrogens is 451 g/mol. The molecule has 0 aliphatic carbocycles. The van der Waals surface area contributed by atoms with Gasteiger partial charge in [0, 0.05) is 25.5 Å². The summed E-state index contributed by atoms with van der Waals surface area (Å²) in [6, 6.07) is 8.39. The minimum Gasteiger partial charge on any atom is -0.505 e. The van der Waals surface area contributed by atoms with Crippen molar-refractivity contribution >= 4 is 16.9 Å². The van der Waals surface area contributed by atoms with Gasteiger partial charge in [-0.2, -0.15) is 5.10 Å².